The van der Waals surface area contributed by atoms with Crippen molar-refractivity contribution in [2.24, 2.45) is 0 Å². The number of amides is 1. The maximum absolute atomic E-state index is 12.3. The Balaban J connectivity index is 2.15. The number of aromatic nitrogens is 3. The van der Waals surface area contributed by atoms with Gasteiger partial charge < -0.3 is 9.64 Å². The predicted molar refractivity (Wildman–Crippen MR) is 74.5 cm³/mol. The van der Waals surface area contributed by atoms with Crippen LogP contribution in [0.2, 0.25) is 0 Å². The minimum Gasteiger partial charge on any atom is -0.383 e. The molecule has 0 radical (unpaired) electrons. The number of hydrogen-bond donors (Lipinski definition) is 0. The Morgan fingerprint density at radius 1 is 1.58 bits per heavy atom. The highest BCUT2D eigenvalue weighted by Gasteiger charge is 2.19. The van der Waals surface area contributed by atoms with Crippen LogP contribution in [0.4, 0.5) is 0 Å². The predicted octanol–water partition coefficient (Wildman–Crippen LogP) is 1.21. The van der Waals surface area contributed by atoms with E-state index in [2.05, 4.69) is 26.0 Å². The van der Waals surface area contributed by atoms with Crippen molar-refractivity contribution in [2.75, 3.05) is 27.3 Å². The number of halogens is 1. The first-order valence-electron chi connectivity index (χ1n) is 5.79. The molecule has 0 spiro atoms. The second kappa shape index (κ2) is 6.12. The summed E-state index contributed by atoms with van der Waals surface area (Å²) in [5, 5.41) is 4.13. The van der Waals surface area contributed by atoms with Gasteiger partial charge in [0.15, 0.2) is 0 Å². The summed E-state index contributed by atoms with van der Waals surface area (Å²) in [5.41, 5.74) is 1.25. The lowest BCUT2D eigenvalue weighted by atomic mass is 10.2. The van der Waals surface area contributed by atoms with E-state index >= 15 is 0 Å². The van der Waals surface area contributed by atoms with Crippen LogP contribution in [0.3, 0.4) is 0 Å². The third kappa shape index (κ3) is 3.10. The second-order valence-electron chi connectivity index (χ2n) is 4.20. The molecule has 0 aliphatic heterocycles. The number of fused-ring (bicyclic) bond motifs is 1. The van der Waals surface area contributed by atoms with Crippen LogP contribution in [0.1, 0.15) is 10.4 Å². The summed E-state index contributed by atoms with van der Waals surface area (Å²) in [6.07, 6.45) is 6.54. The van der Waals surface area contributed by atoms with Crippen LogP contribution in [0, 0.1) is 0 Å². The molecule has 2 aromatic heterocycles. The standard InChI is InChI=1S/C12H15BrN4O2/c1-16(7-9(13)8-19-2)12(18)10-5-15-17-4-3-14-6-11(10)17/h3-6,9H,7-8H2,1-2H3. The lowest BCUT2D eigenvalue weighted by Crippen LogP contribution is -2.33. The van der Waals surface area contributed by atoms with Crippen molar-refractivity contribution in [3.8, 4) is 0 Å². The first-order valence-corrected chi connectivity index (χ1v) is 6.71. The number of carbonyl (C=O) groups excluding carboxylic acids is 1. The first-order chi connectivity index (χ1) is 9.13. The summed E-state index contributed by atoms with van der Waals surface area (Å²) in [6, 6.07) is 0. The Bertz CT molecular complexity index is 572. The molecular weight excluding hydrogens is 312 g/mol. The highest BCUT2D eigenvalue weighted by Crippen LogP contribution is 2.12. The molecule has 0 fully saturated rings. The fourth-order valence-corrected chi connectivity index (χ4v) is 2.52. The zero-order valence-electron chi connectivity index (χ0n) is 10.8. The van der Waals surface area contributed by atoms with Crippen molar-refractivity contribution in [3.05, 3.63) is 30.4 Å². The van der Waals surface area contributed by atoms with E-state index in [1.54, 1.807) is 48.4 Å². The minimum atomic E-state index is -0.0800. The molecule has 1 unspecified atom stereocenters. The van der Waals surface area contributed by atoms with Crippen LogP contribution < -0.4 is 0 Å². The molecule has 102 valence electrons. The Kier molecular flexibility index (Phi) is 4.49. The average molecular weight is 327 g/mol. The van der Waals surface area contributed by atoms with E-state index < -0.39 is 0 Å². The molecule has 0 aliphatic carbocycles. The summed E-state index contributed by atoms with van der Waals surface area (Å²) in [4.78, 5) is 18.1. The first kappa shape index (κ1) is 14.0. The maximum atomic E-state index is 12.3. The molecule has 2 heterocycles. The lowest BCUT2D eigenvalue weighted by molar-refractivity contribution is 0.0786. The van der Waals surface area contributed by atoms with Gasteiger partial charge in [0.05, 0.1) is 34.9 Å². The van der Waals surface area contributed by atoms with Crippen molar-refractivity contribution < 1.29 is 9.53 Å². The van der Waals surface area contributed by atoms with Gasteiger partial charge in [0.2, 0.25) is 0 Å². The smallest absolute Gasteiger partial charge is 0.257 e. The summed E-state index contributed by atoms with van der Waals surface area (Å²) in [5.74, 6) is -0.0800. The SMILES string of the molecule is COCC(Br)CN(C)C(=O)c1cnn2ccncc12. The minimum absolute atomic E-state index is 0.0800. The Morgan fingerprint density at radius 3 is 3.11 bits per heavy atom. The molecule has 2 aromatic rings. The molecule has 0 bridgehead atoms. The van der Waals surface area contributed by atoms with Crippen molar-refractivity contribution in [3.63, 3.8) is 0 Å². The normalized spacial score (nSPS) is 12.6. The Morgan fingerprint density at radius 2 is 2.37 bits per heavy atom. The van der Waals surface area contributed by atoms with Gasteiger partial charge in [-0.1, -0.05) is 15.9 Å². The van der Waals surface area contributed by atoms with Gasteiger partial charge in [-0.2, -0.15) is 5.10 Å². The van der Waals surface area contributed by atoms with Crippen LogP contribution in [-0.4, -0.2) is 57.5 Å². The van der Waals surface area contributed by atoms with Crippen LogP contribution >= 0.6 is 15.9 Å². The van der Waals surface area contributed by atoms with E-state index in [0.29, 0.717) is 24.2 Å². The summed E-state index contributed by atoms with van der Waals surface area (Å²) in [7, 11) is 3.39. The Labute approximate surface area is 119 Å². The van der Waals surface area contributed by atoms with E-state index in [4.69, 9.17) is 4.74 Å². The van der Waals surface area contributed by atoms with E-state index in [-0.39, 0.29) is 10.7 Å². The largest absolute Gasteiger partial charge is 0.383 e. The molecule has 0 aromatic carbocycles. The molecule has 0 saturated carbocycles. The molecule has 0 N–H and O–H groups in total. The zero-order chi connectivity index (χ0) is 13.8. The summed E-state index contributed by atoms with van der Waals surface area (Å²) in [6.45, 7) is 1.11. The van der Waals surface area contributed by atoms with Crippen molar-refractivity contribution in [1.29, 1.82) is 0 Å². The van der Waals surface area contributed by atoms with E-state index in [1.165, 1.54) is 0 Å². The lowest BCUT2D eigenvalue weighted by Gasteiger charge is -2.19. The van der Waals surface area contributed by atoms with Gasteiger partial charge in [0, 0.05) is 33.1 Å². The fourth-order valence-electron chi connectivity index (χ4n) is 1.82. The van der Waals surface area contributed by atoms with Crippen LogP contribution in [-0.2, 0) is 4.74 Å². The Hall–Kier alpha value is -1.47. The average Bonchev–Trinajstić information content (AvgIpc) is 2.81. The molecule has 1 atom stereocenters. The van der Waals surface area contributed by atoms with Crippen LogP contribution in [0.25, 0.3) is 5.52 Å². The van der Waals surface area contributed by atoms with Crippen LogP contribution in [0.5, 0.6) is 0 Å². The number of methoxy groups -OCH3 is 1. The fraction of sp³-hybridized carbons (Fsp3) is 0.417. The number of nitrogens with zero attached hydrogens (tertiary/aromatic N) is 4. The van der Waals surface area contributed by atoms with Gasteiger partial charge in [-0.05, 0) is 0 Å². The second-order valence-corrected chi connectivity index (χ2v) is 5.50. The third-order valence-corrected chi connectivity index (χ3v) is 3.28. The summed E-state index contributed by atoms with van der Waals surface area (Å²) >= 11 is 3.47. The molecule has 1 amide bonds. The van der Waals surface area contributed by atoms with Gasteiger partial charge in [-0.3, -0.25) is 9.78 Å². The van der Waals surface area contributed by atoms with Gasteiger partial charge in [0.1, 0.15) is 0 Å². The number of hydrogen-bond acceptors (Lipinski definition) is 4. The van der Waals surface area contributed by atoms with Crippen LogP contribution in [0.15, 0.2) is 24.8 Å². The number of rotatable bonds is 5. The highest BCUT2D eigenvalue weighted by atomic mass is 79.9. The van der Waals surface area contributed by atoms with Gasteiger partial charge in [-0.15, -0.1) is 0 Å². The zero-order valence-corrected chi connectivity index (χ0v) is 12.4. The molecule has 0 saturated heterocycles. The monoisotopic (exact) mass is 326 g/mol. The van der Waals surface area contributed by atoms with Crippen molar-refractivity contribution in [2.45, 2.75) is 4.83 Å². The van der Waals surface area contributed by atoms with Gasteiger partial charge in [0.25, 0.3) is 5.91 Å². The van der Waals surface area contributed by atoms with Gasteiger partial charge >= 0.3 is 0 Å². The number of carbonyl (C=O) groups is 1. The third-order valence-electron chi connectivity index (χ3n) is 2.72. The summed E-state index contributed by atoms with van der Waals surface area (Å²) < 4.78 is 6.67. The van der Waals surface area contributed by atoms with Crippen molar-refractivity contribution >= 4 is 27.4 Å². The quantitative estimate of drug-likeness (QED) is 0.775. The number of alkyl halides is 1. The molecule has 2 rings (SSSR count). The molecule has 19 heavy (non-hydrogen) atoms. The van der Waals surface area contributed by atoms with Crippen molar-refractivity contribution in [1.82, 2.24) is 19.5 Å². The molecule has 6 nitrogen and oxygen atoms in total. The molecule has 7 heteroatoms. The highest BCUT2D eigenvalue weighted by molar-refractivity contribution is 9.09. The van der Waals surface area contributed by atoms with E-state index in [1.807, 2.05) is 0 Å². The maximum Gasteiger partial charge on any atom is 0.257 e. The molecule has 0 aliphatic rings. The van der Waals surface area contributed by atoms with E-state index in [9.17, 15) is 4.79 Å². The van der Waals surface area contributed by atoms with Gasteiger partial charge in [-0.25, -0.2) is 4.52 Å². The topological polar surface area (TPSA) is 59.7 Å². The molecular formula is C12H15BrN4O2. The number of ether oxygens (including phenoxy) is 1. The van der Waals surface area contributed by atoms with E-state index in [0.717, 1.165) is 0 Å².